The zero-order valence-corrected chi connectivity index (χ0v) is 16.9. The highest BCUT2D eigenvalue weighted by atomic mass is 32.2. The summed E-state index contributed by atoms with van der Waals surface area (Å²) < 4.78 is 25.6. The van der Waals surface area contributed by atoms with Gasteiger partial charge in [0.25, 0.3) is 0 Å². The molecule has 3 N–H and O–H groups in total. The van der Waals surface area contributed by atoms with Crippen molar-refractivity contribution >= 4 is 21.7 Å². The molecule has 4 rings (SSSR count). The van der Waals surface area contributed by atoms with E-state index < -0.39 is 10.0 Å². The van der Waals surface area contributed by atoms with E-state index in [-0.39, 0.29) is 5.75 Å². The van der Waals surface area contributed by atoms with Crippen LogP contribution in [-0.4, -0.2) is 64.8 Å². The predicted molar refractivity (Wildman–Crippen MR) is 113 cm³/mol. The lowest BCUT2D eigenvalue weighted by Gasteiger charge is -2.34. The lowest BCUT2D eigenvalue weighted by molar-refractivity contribution is 0.384. The smallest absolute Gasteiger partial charge is 0.213 e. The standard InChI is InChI=1S/C19H23N7O2S/c1-2-29(27,28)26-10-8-25(9-11-26)17-13-21-19(20)18(22-17)16-12-15(23-24-16)14-6-4-3-5-7-14/h3-7,12-13H,2,8-11H2,1H3,(H2,20,21)(H,23,24). The van der Waals surface area contributed by atoms with Crippen LogP contribution in [-0.2, 0) is 10.0 Å². The van der Waals surface area contributed by atoms with Crippen molar-refractivity contribution in [2.75, 3.05) is 42.6 Å². The number of piperazine rings is 1. The molecule has 1 aromatic carbocycles. The van der Waals surface area contributed by atoms with Crippen LogP contribution in [0.2, 0.25) is 0 Å². The van der Waals surface area contributed by atoms with Gasteiger partial charge >= 0.3 is 0 Å². The first-order valence-corrected chi connectivity index (χ1v) is 11.1. The first-order valence-electron chi connectivity index (χ1n) is 9.44. The number of benzene rings is 1. The third-order valence-corrected chi connectivity index (χ3v) is 6.89. The van der Waals surface area contributed by atoms with Gasteiger partial charge in [-0.15, -0.1) is 0 Å². The van der Waals surface area contributed by atoms with E-state index in [1.807, 2.05) is 41.3 Å². The molecule has 0 radical (unpaired) electrons. The van der Waals surface area contributed by atoms with Crippen LogP contribution in [0.3, 0.4) is 0 Å². The zero-order chi connectivity index (χ0) is 20.4. The minimum Gasteiger partial charge on any atom is -0.382 e. The van der Waals surface area contributed by atoms with E-state index in [2.05, 4.69) is 20.2 Å². The van der Waals surface area contributed by atoms with Crippen LogP contribution in [0.1, 0.15) is 6.92 Å². The minimum absolute atomic E-state index is 0.113. The van der Waals surface area contributed by atoms with Crippen LogP contribution in [0.15, 0.2) is 42.6 Å². The second-order valence-electron chi connectivity index (χ2n) is 6.78. The number of aromatic nitrogens is 4. The summed E-state index contributed by atoms with van der Waals surface area (Å²) in [5.74, 6) is 1.09. The summed E-state index contributed by atoms with van der Waals surface area (Å²) in [4.78, 5) is 11.0. The van der Waals surface area contributed by atoms with E-state index in [0.717, 1.165) is 11.3 Å². The third-order valence-electron chi connectivity index (χ3n) is 5.01. The van der Waals surface area contributed by atoms with Crippen molar-refractivity contribution in [1.29, 1.82) is 0 Å². The topological polar surface area (TPSA) is 121 Å². The van der Waals surface area contributed by atoms with Gasteiger partial charge in [-0.1, -0.05) is 30.3 Å². The Kier molecular flexibility index (Phi) is 5.20. The fourth-order valence-electron chi connectivity index (χ4n) is 3.32. The molecule has 0 unspecified atom stereocenters. The van der Waals surface area contributed by atoms with Gasteiger partial charge in [0, 0.05) is 31.7 Å². The molecule has 2 aromatic heterocycles. The van der Waals surface area contributed by atoms with Crippen molar-refractivity contribution in [2.45, 2.75) is 6.92 Å². The summed E-state index contributed by atoms with van der Waals surface area (Å²) in [5.41, 5.74) is 9.07. The number of nitrogen functional groups attached to an aromatic ring is 1. The molecule has 1 aliphatic heterocycles. The highest BCUT2D eigenvalue weighted by Crippen LogP contribution is 2.27. The Morgan fingerprint density at radius 3 is 2.55 bits per heavy atom. The Bertz CT molecular complexity index is 1090. The molecule has 9 nitrogen and oxygen atoms in total. The van der Waals surface area contributed by atoms with Crippen molar-refractivity contribution in [3.8, 4) is 22.6 Å². The number of hydrogen-bond acceptors (Lipinski definition) is 7. The van der Waals surface area contributed by atoms with Crippen LogP contribution in [0, 0.1) is 0 Å². The summed E-state index contributed by atoms with van der Waals surface area (Å²) in [5, 5.41) is 7.34. The van der Waals surface area contributed by atoms with Gasteiger partial charge < -0.3 is 10.6 Å². The number of nitrogens with zero attached hydrogens (tertiary/aromatic N) is 5. The fraction of sp³-hybridized carbons (Fsp3) is 0.316. The number of nitrogens with two attached hydrogens (primary N) is 1. The maximum Gasteiger partial charge on any atom is 0.213 e. The van der Waals surface area contributed by atoms with Crippen LogP contribution >= 0.6 is 0 Å². The number of nitrogens with one attached hydrogen (secondary N) is 1. The monoisotopic (exact) mass is 413 g/mol. The van der Waals surface area contributed by atoms with E-state index in [1.165, 1.54) is 4.31 Å². The second-order valence-corrected chi connectivity index (χ2v) is 9.04. The molecule has 152 valence electrons. The second kappa shape index (κ2) is 7.80. The van der Waals surface area contributed by atoms with E-state index in [9.17, 15) is 8.42 Å². The first kappa shape index (κ1) is 19.3. The van der Waals surface area contributed by atoms with Crippen LogP contribution < -0.4 is 10.6 Å². The van der Waals surface area contributed by atoms with Crippen LogP contribution in [0.5, 0.6) is 0 Å². The SMILES string of the molecule is CCS(=O)(=O)N1CCN(c2cnc(N)c(-c3cc(-c4ccccc4)n[nH]3)n2)CC1. The Hall–Kier alpha value is -2.98. The molecule has 3 heterocycles. The average molecular weight is 414 g/mol. The van der Waals surface area contributed by atoms with E-state index in [0.29, 0.717) is 49.2 Å². The van der Waals surface area contributed by atoms with Crippen molar-refractivity contribution in [3.63, 3.8) is 0 Å². The van der Waals surface area contributed by atoms with Crippen molar-refractivity contribution in [2.24, 2.45) is 0 Å². The summed E-state index contributed by atoms with van der Waals surface area (Å²) in [6, 6.07) is 11.7. The van der Waals surface area contributed by atoms with Gasteiger partial charge in [-0.25, -0.2) is 18.4 Å². The first-order chi connectivity index (χ1) is 14.0. The Morgan fingerprint density at radius 2 is 1.86 bits per heavy atom. The lowest BCUT2D eigenvalue weighted by atomic mass is 10.1. The summed E-state index contributed by atoms with van der Waals surface area (Å²) >= 11 is 0. The van der Waals surface area contributed by atoms with Gasteiger partial charge in [-0.3, -0.25) is 5.10 Å². The third kappa shape index (κ3) is 3.94. The number of rotatable bonds is 5. The molecular weight excluding hydrogens is 390 g/mol. The van der Waals surface area contributed by atoms with Gasteiger partial charge in [-0.2, -0.15) is 9.40 Å². The highest BCUT2D eigenvalue weighted by molar-refractivity contribution is 7.89. The quantitative estimate of drug-likeness (QED) is 0.651. The van der Waals surface area contributed by atoms with Crippen LogP contribution in [0.4, 0.5) is 11.6 Å². The molecule has 1 fully saturated rings. The number of H-pyrrole nitrogens is 1. The maximum absolute atomic E-state index is 12.1. The molecule has 0 spiro atoms. The number of hydrogen-bond donors (Lipinski definition) is 2. The van der Waals surface area contributed by atoms with Gasteiger partial charge in [0.05, 0.1) is 23.3 Å². The average Bonchev–Trinajstić information content (AvgIpc) is 3.25. The fourth-order valence-corrected chi connectivity index (χ4v) is 4.40. The number of aromatic amines is 1. The molecule has 1 aliphatic rings. The molecule has 10 heteroatoms. The molecule has 29 heavy (non-hydrogen) atoms. The summed E-state index contributed by atoms with van der Waals surface area (Å²) in [6.45, 7) is 3.62. The predicted octanol–water partition coefficient (Wildman–Crippen LogP) is 1.59. The molecule has 0 amide bonds. The molecule has 1 saturated heterocycles. The summed E-state index contributed by atoms with van der Waals surface area (Å²) in [7, 11) is -3.17. The van der Waals surface area contributed by atoms with Gasteiger partial charge in [0.15, 0.2) is 5.82 Å². The molecule has 0 aliphatic carbocycles. The number of anilines is 2. The van der Waals surface area contributed by atoms with E-state index >= 15 is 0 Å². The van der Waals surface area contributed by atoms with Crippen molar-refractivity contribution in [1.82, 2.24) is 24.5 Å². The Balaban J connectivity index is 1.56. The lowest BCUT2D eigenvalue weighted by Crippen LogP contribution is -2.49. The molecule has 0 atom stereocenters. The molecule has 0 saturated carbocycles. The largest absolute Gasteiger partial charge is 0.382 e. The van der Waals surface area contributed by atoms with Gasteiger partial charge in [-0.05, 0) is 13.0 Å². The van der Waals surface area contributed by atoms with Crippen LogP contribution in [0.25, 0.3) is 22.6 Å². The Labute approximate surface area is 169 Å². The maximum atomic E-state index is 12.1. The molecule has 3 aromatic rings. The molecular formula is C19H23N7O2S. The van der Waals surface area contributed by atoms with E-state index in [1.54, 1.807) is 13.1 Å². The van der Waals surface area contributed by atoms with E-state index in [4.69, 9.17) is 5.73 Å². The van der Waals surface area contributed by atoms with Crippen molar-refractivity contribution in [3.05, 3.63) is 42.6 Å². The van der Waals surface area contributed by atoms with Gasteiger partial charge in [0.1, 0.15) is 11.5 Å². The zero-order valence-electron chi connectivity index (χ0n) is 16.1. The highest BCUT2D eigenvalue weighted by Gasteiger charge is 2.26. The number of sulfonamides is 1. The Morgan fingerprint density at radius 1 is 1.14 bits per heavy atom. The normalized spacial score (nSPS) is 15.6. The minimum atomic E-state index is -3.17. The van der Waals surface area contributed by atoms with Crippen molar-refractivity contribution < 1.29 is 8.42 Å². The summed E-state index contributed by atoms with van der Waals surface area (Å²) in [6.07, 6.45) is 1.62. The van der Waals surface area contributed by atoms with Gasteiger partial charge in [0.2, 0.25) is 10.0 Å². The molecule has 0 bridgehead atoms.